The first-order valence-corrected chi connectivity index (χ1v) is 10.5. The zero-order valence-electron chi connectivity index (χ0n) is 18.0. The van der Waals surface area contributed by atoms with Gasteiger partial charge in [0.05, 0.1) is 0 Å². The van der Waals surface area contributed by atoms with Gasteiger partial charge >= 0.3 is 0 Å². The summed E-state index contributed by atoms with van der Waals surface area (Å²) in [7, 11) is 0. The molecule has 1 rings (SSSR count). The lowest BCUT2D eigenvalue weighted by Gasteiger charge is -2.46. The van der Waals surface area contributed by atoms with E-state index in [0.29, 0.717) is 23.5 Å². The van der Waals surface area contributed by atoms with Gasteiger partial charge in [-0.3, -0.25) is 4.79 Å². The number of rotatable bonds is 7. The highest BCUT2D eigenvalue weighted by Gasteiger charge is 2.46. The molecule has 1 nitrogen and oxygen atoms in total. The van der Waals surface area contributed by atoms with E-state index < -0.39 is 0 Å². The second-order valence-electron chi connectivity index (χ2n) is 10.4. The maximum atomic E-state index is 13.5. The molecule has 0 aromatic rings. The first kappa shape index (κ1) is 21.7. The summed E-state index contributed by atoms with van der Waals surface area (Å²) < 4.78 is 0. The van der Waals surface area contributed by atoms with Gasteiger partial charge in [0, 0.05) is 11.8 Å². The molecule has 0 N–H and O–H groups in total. The molecule has 0 aromatic carbocycles. The van der Waals surface area contributed by atoms with Gasteiger partial charge in [-0.1, -0.05) is 75.2 Å². The van der Waals surface area contributed by atoms with Crippen LogP contribution >= 0.6 is 0 Å². The predicted octanol–water partition coefficient (Wildman–Crippen LogP) is 7.14. The summed E-state index contributed by atoms with van der Waals surface area (Å²) in [4.78, 5) is 13.5. The Morgan fingerprint density at radius 1 is 0.958 bits per heavy atom. The van der Waals surface area contributed by atoms with Crippen LogP contribution in [0.2, 0.25) is 0 Å². The number of carbonyl (C=O) groups excluding carboxylic acids is 1. The highest BCUT2D eigenvalue weighted by molar-refractivity contribution is 5.85. The van der Waals surface area contributed by atoms with E-state index in [0.717, 1.165) is 31.1 Å². The molecule has 1 fully saturated rings. The molecule has 0 saturated heterocycles. The van der Waals surface area contributed by atoms with Crippen molar-refractivity contribution < 1.29 is 4.79 Å². The van der Waals surface area contributed by atoms with Crippen LogP contribution in [-0.2, 0) is 4.79 Å². The van der Waals surface area contributed by atoms with Crippen LogP contribution in [0.1, 0.15) is 101 Å². The lowest BCUT2D eigenvalue weighted by atomic mass is 9.58. The van der Waals surface area contributed by atoms with Crippen molar-refractivity contribution in [2.75, 3.05) is 0 Å². The monoisotopic (exact) mass is 336 g/mol. The molecule has 0 heterocycles. The normalized spacial score (nSPS) is 28.2. The molecule has 142 valence electrons. The van der Waals surface area contributed by atoms with E-state index in [1.807, 2.05) is 0 Å². The van der Waals surface area contributed by atoms with Crippen LogP contribution in [0, 0.1) is 40.4 Å². The largest absolute Gasteiger partial charge is 0.299 e. The van der Waals surface area contributed by atoms with Gasteiger partial charge in [-0.2, -0.15) is 0 Å². The fourth-order valence-electron chi connectivity index (χ4n) is 5.17. The van der Waals surface area contributed by atoms with E-state index in [1.165, 1.54) is 19.3 Å². The molecule has 1 aliphatic carbocycles. The standard InChI is InChI=1S/C23H44O/c1-10-14-23(9,22(6,7)8)21(24)15-20-18(16(2)3)12-11-13-19(20)17(4)5/h16-20H,10-15H2,1-9H3. The number of hydrogen-bond donors (Lipinski definition) is 0. The molecule has 3 atom stereocenters. The Labute approximate surface area is 152 Å². The molecule has 1 saturated carbocycles. The van der Waals surface area contributed by atoms with Gasteiger partial charge in [0.1, 0.15) is 5.78 Å². The SMILES string of the molecule is CCCC(C)(C(=O)CC1C(C(C)C)CCCC1C(C)C)C(C)(C)C. The summed E-state index contributed by atoms with van der Waals surface area (Å²) in [5, 5.41) is 0. The van der Waals surface area contributed by atoms with Crippen LogP contribution in [0.4, 0.5) is 0 Å². The van der Waals surface area contributed by atoms with Gasteiger partial charge in [-0.15, -0.1) is 0 Å². The molecule has 3 unspecified atom stereocenters. The number of carbonyl (C=O) groups is 1. The van der Waals surface area contributed by atoms with Crippen molar-refractivity contribution in [3.8, 4) is 0 Å². The van der Waals surface area contributed by atoms with Crippen molar-refractivity contribution in [1.29, 1.82) is 0 Å². The minimum absolute atomic E-state index is 0.0371. The molecule has 1 aliphatic rings. The quantitative estimate of drug-likeness (QED) is 0.482. The van der Waals surface area contributed by atoms with Crippen molar-refractivity contribution in [2.45, 2.75) is 101 Å². The minimum Gasteiger partial charge on any atom is -0.299 e. The molecule has 0 radical (unpaired) electrons. The Kier molecular flexibility index (Phi) is 7.57. The third kappa shape index (κ3) is 4.64. The van der Waals surface area contributed by atoms with Crippen molar-refractivity contribution in [3.63, 3.8) is 0 Å². The maximum absolute atomic E-state index is 13.5. The third-order valence-electron chi connectivity index (χ3n) is 7.33. The van der Waals surface area contributed by atoms with E-state index in [9.17, 15) is 4.79 Å². The van der Waals surface area contributed by atoms with E-state index in [-0.39, 0.29) is 10.8 Å². The zero-order valence-corrected chi connectivity index (χ0v) is 18.0. The minimum atomic E-state index is -0.192. The van der Waals surface area contributed by atoms with Crippen LogP contribution < -0.4 is 0 Å². The summed E-state index contributed by atoms with van der Waals surface area (Å²) in [6.07, 6.45) is 6.89. The molecular formula is C23H44O. The van der Waals surface area contributed by atoms with Gasteiger partial charge in [-0.05, 0) is 54.3 Å². The molecule has 24 heavy (non-hydrogen) atoms. The fourth-order valence-corrected chi connectivity index (χ4v) is 5.17. The van der Waals surface area contributed by atoms with E-state index in [1.54, 1.807) is 0 Å². The lowest BCUT2D eigenvalue weighted by molar-refractivity contribution is -0.137. The zero-order chi connectivity index (χ0) is 18.7. The summed E-state index contributed by atoms with van der Waals surface area (Å²) in [6.45, 7) is 20.6. The molecule has 0 aromatic heterocycles. The average molecular weight is 337 g/mol. The Morgan fingerprint density at radius 3 is 1.75 bits per heavy atom. The van der Waals surface area contributed by atoms with Gasteiger partial charge in [0.25, 0.3) is 0 Å². The summed E-state index contributed by atoms with van der Waals surface area (Å²) in [6, 6.07) is 0. The second kappa shape index (κ2) is 8.37. The summed E-state index contributed by atoms with van der Waals surface area (Å²) in [5.74, 6) is 3.94. The highest BCUT2D eigenvalue weighted by atomic mass is 16.1. The smallest absolute Gasteiger partial charge is 0.139 e. The van der Waals surface area contributed by atoms with Crippen molar-refractivity contribution in [3.05, 3.63) is 0 Å². The number of hydrogen-bond acceptors (Lipinski definition) is 1. The van der Waals surface area contributed by atoms with Gasteiger partial charge < -0.3 is 0 Å². The number of ketones is 1. The molecular weight excluding hydrogens is 292 g/mol. The molecule has 0 aliphatic heterocycles. The van der Waals surface area contributed by atoms with Gasteiger partial charge in [0.2, 0.25) is 0 Å². The van der Waals surface area contributed by atoms with Crippen LogP contribution in [0.15, 0.2) is 0 Å². The van der Waals surface area contributed by atoms with E-state index in [2.05, 4.69) is 62.3 Å². The van der Waals surface area contributed by atoms with E-state index in [4.69, 9.17) is 0 Å². The van der Waals surface area contributed by atoms with Crippen LogP contribution in [-0.4, -0.2) is 5.78 Å². The predicted molar refractivity (Wildman–Crippen MR) is 106 cm³/mol. The van der Waals surface area contributed by atoms with Crippen LogP contribution in [0.3, 0.4) is 0 Å². The summed E-state index contributed by atoms with van der Waals surface area (Å²) in [5.41, 5.74) is -0.155. The summed E-state index contributed by atoms with van der Waals surface area (Å²) >= 11 is 0. The highest BCUT2D eigenvalue weighted by Crippen LogP contribution is 2.49. The van der Waals surface area contributed by atoms with Crippen LogP contribution in [0.25, 0.3) is 0 Å². The lowest BCUT2D eigenvalue weighted by Crippen LogP contribution is -2.44. The van der Waals surface area contributed by atoms with E-state index >= 15 is 0 Å². The molecule has 1 heteroatoms. The van der Waals surface area contributed by atoms with Crippen molar-refractivity contribution in [1.82, 2.24) is 0 Å². The Hall–Kier alpha value is -0.330. The van der Waals surface area contributed by atoms with Gasteiger partial charge in [-0.25, -0.2) is 0 Å². The van der Waals surface area contributed by atoms with Crippen molar-refractivity contribution in [2.24, 2.45) is 40.4 Å². The first-order valence-electron chi connectivity index (χ1n) is 10.5. The third-order valence-corrected chi connectivity index (χ3v) is 7.33. The van der Waals surface area contributed by atoms with Crippen LogP contribution in [0.5, 0.6) is 0 Å². The molecule has 0 spiro atoms. The first-order chi connectivity index (χ1) is 11.0. The maximum Gasteiger partial charge on any atom is 0.139 e. The molecule has 0 bridgehead atoms. The average Bonchev–Trinajstić information content (AvgIpc) is 2.45. The topological polar surface area (TPSA) is 17.1 Å². The fraction of sp³-hybridized carbons (Fsp3) is 0.957. The number of Topliss-reactive ketones (excluding diaryl/α,β-unsaturated/α-hetero) is 1. The Morgan fingerprint density at radius 2 is 1.42 bits per heavy atom. The van der Waals surface area contributed by atoms with Crippen molar-refractivity contribution >= 4 is 5.78 Å². The molecule has 0 amide bonds. The van der Waals surface area contributed by atoms with Gasteiger partial charge in [0.15, 0.2) is 0 Å². The Bertz CT molecular complexity index is 385. The second-order valence-corrected chi connectivity index (χ2v) is 10.4. The Balaban J connectivity index is 3.08.